The van der Waals surface area contributed by atoms with Crippen molar-refractivity contribution in [3.63, 3.8) is 0 Å². The van der Waals surface area contributed by atoms with Crippen LogP contribution >= 0.6 is 11.6 Å². The third-order valence-electron chi connectivity index (χ3n) is 5.61. The van der Waals surface area contributed by atoms with Crippen molar-refractivity contribution in [3.05, 3.63) is 65.7 Å². The number of benzene rings is 2. The average molecular weight is 588 g/mol. The first kappa shape index (κ1) is 34.7. The number of likely N-dealkylation sites (N-methyl/N-ethyl adjacent to an activating group) is 1. The third-order valence-corrected chi connectivity index (χ3v) is 7.50. The van der Waals surface area contributed by atoms with E-state index in [-0.39, 0.29) is 23.2 Å². The smallest absolute Gasteiger partial charge is 0.266 e. The summed E-state index contributed by atoms with van der Waals surface area (Å²) in [6.45, 7) is 14.3. The fourth-order valence-electron chi connectivity index (χ4n) is 4.32. The van der Waals surface area contributed by atoms with E-state index in [1.165, 1.54) is 35.0 Å². The van der Waals surface area contributed by atoms with Crippen LogP contribution in [0.15, 0.2) is 53.9 Å². The van der Waals surface area contributed by atoms with Gasteiger partial charge in [0.15, 0.2) is 17.4 Å². The Morgan fingerprint density at radius 3 is 2.26 bits per heavy atom. The van der Waals surface area contributed by atoms with Crippen molar-refractivity contribution in [1.29, 1.82) is 0 Å². The quantitative estimate of drug-likeness (QED) is 0.230. The van der Waals surface area contributed by atoms with Gasteiger partial charge in [-0.1, -0.05) is 51.8 Å². The highest BCUT2D eigenvalue weighted by Crippen LogP contribution is 2.42. The van der Waals surface area contributed by atoms with Gasteiger partial charge in [0, 0.05) is 24.2 Å². The Hall–Kier alpha value is -2.37. The van der Waals surface area contributed by atoms with Gasteiger partial charge in [-0.25, -0.2) is 18.5 Å². The fourth-order valence-corrected chi connectivity index (χ4v) is 6.07. The number of nitrogens with one attached hydrogen (secondary N) is 1. The van der Waals surface area contributed by atoms with Crippen molar-refractivity contribution in [1.82, 2.24) is 14.7 Å². The minimum Gasteiger partial charge on any atom is -0.451 e. The van der Waals surface area contributed by atoms with Crippen molar-refractivity contribution < 1.29 is 27.7 Å². The van der Waals surface area contributed by atoms with Crippen molar-refractivity contribution in [2.24, 2.45) is 0 Å². The van der Waals surface area contributed by atoms with Gasteiger partial charge in [-0.2, -0.15) is 4.31 Å². The zero-order chi connectivity index (χ0) is 29.8. The largest absolute Gasteiger partial charge is 0.451 e. The van der Waals surface area contributed by atoms with Gasteiger partial charge in [0.1, 0.15) is 22.3 Å². The second-order valence-corrected chi connectivity index (χ2v) is 10.6. The number of ether oxygens (including phenoxy) is 1. The Bertz CT molecular complexity index is 1080. The van der Waals surface area contributed by atoms with Crippen LogP contribution in [0.3, 0.4) is 0 Å². The summed E-state index contributed by atoms with van der Waals surface area (Å²) < 4.78 is 49.6. The minimum atomic E-state index is -2.04. The van der Waals surface area contributed by atoms with Crippen LogP contribution in [0.25, 0.3) is 0 Å². The molecule has 2 aliphatic heterocycles. The van der Waals surface area contributed by atoms with Gasteiger partial charge < -0.3 is 9.64 Å². The molecule has 2 heterocycles. The average Bonchev–Trinajstić information content (AvgIpc) is 3.16. The van der Waals surface area contributed by atoms with E-state index in [0.717, 1.165) is 12.1 Å². The molecule has 0 aliphatic carbocycles. The van der Waals surface area contributed by atoms with Crippen LogP contribution in [0.5, 0.6) is 11.5 Å². The lowest BCUT2D eigenvalue weighted by Gasteiger charge is -2.45. The highest BCUT2D eigenvalue weighted by atomic mass is 35.5. The Kier molecular flexibility index (Phi) is 14.8. The lowest BCUT2D eigenvalue weighted by Crippen LogP contribution is -2.66. The molecule has 2 fully saturated rings. The van der Waals surface area contributed by atoms with Gasteiger partial charge >= 0.3 is 0 Å². The lowest BCUT2D eigenvalue weighted by atomic mass is 9.96. The number of fused-ring (bicyclic) bond motifs is 2. The summed E-state index contributed by atoms with van der Waals surface area (Å²) in [7, 11) is -0.221. The highest BCUT2D eigenvalue weighted by molar-refractivity contribution is 7.82. The number of hydroxylamine groups is 1. The van der Waals surface area contributed by atoms with Crippen LogP contribution in [-0.4, -0.2) is 56.2 Å². The molecule has 2 aromatic carbocycles. The summed E-state index contributed by atoms with van der Waals surface area (Å²) >= 11 is 5.80. The number of halogens is 3. The van der Waals surface area contributed by atoms with Gasteiger partial charge in [-0.15, -0.1) is 6.58 Å². The van der Waals surface area contributed by atoms with E-state index in [2.05, 4.69) is 20.4 Å². The zero-order valence-corrected chi connectivity index (χ0v) is 25.0. The predicted molar refractivity (Wildman–Crippen MR) is 152 cm³/mol. The molecule has 0 saturated carbocycles. The van der Waals surface area contributed by atoms with E-state index in [1.807, 2.05) is 32.7 Å². The summed E-state index contributed by atoms with van der Waals surface area (Å²) in [5, 5.41) is 9.70. The van der Waals surface area contributed by atoms with Gasteiger partial charge in [-0.05, 0) is 63.2 Å². The zero-order valence-electron chi connectivity index (χ0n) is 23.5. The molecule has 11 heteroatoms. The topological polar surface area (TPSA) is 82.1 Å². The molecule has 4 rings (SSSR count). The minimum absolute atomic E-state index is 0.134. The molecular weight excluding hydrogens is 548 g/mol. The van der Waals surface area contributed by atoms with Crippen LogP contribution in [0.4, 0.5) is 8.78 Å². The summed E-state index contributed by atoms with van der Waals surface area (Å²) in [4.78, 5) is 14.3. The Balaban J connectivity index is 0.000000856. The number of carbonyl (C=O) groups excluding carboxylic acids is 1. The Morgan fingerprint density at radius 2 is 1.77 bits per heavy atom. The number of nitrogens with zero attached hydrogens (tertiary/aromatic N) is 2. The monoisotopic (exact) mass is 587 g/mol. The summed E-state index contributed by atoms with van der Waals surface area (Å²) in [5.74, 6) is -3.20. The van der Waals surface area contributed by atoms with Crippen LogP contribution in [0, 0.1) is 11.6 Å². The number of likely N-dealkylation sites (tertiary alicyclic amines) is 1. The highest BCUT2D eigenvalue weighted by Gasteiger charge is 2.58. The van der Waals surface area contributed by atoms with Crippen LogP contribution < -0.4 is 10.2 Å². The molecule has 0 aromatic heterocycles. The molecule has 2 saturated heterocycles. The lowest BCUT2D eigenvalue weighted by molar-refractivity contribution is -0.141. The molecule has 2 N–H and O–H groups in total. The predicted octanol–water partition coefficient (Wildman–Crippen LogP) is 6.72. The number of allylic oxidation sites excluding steroid dienone is 1. The molecule has 2 bridgehead atoms. The Morgan fingerprint density at radius 1 is 1.26 bits per heavy atom. The number of hydrogen-bond donors (Lipinski definition) is 2. The summed E-state index contributed by atoms with van der Waals surface area (Å²) in [5.41, 5.74) is 0.393. The van der Waals surface area contributed by atoms with E-state index in [1.54, 1.807) is 11.6 Å². The molecule has 2 aliphatic rings. The number of piperazine rings is 1. The molecular formula is C28H40ClF2N3O4S. The van der Waals surface area contributed by atoms with Crippen LogP contribution in [0.2, 0.25) is 5.02 Å². The van der Waals surface area contributed by atoms with E-state index in [4.69, 9.17) is 16.3 Å². The summed E-state index contributed by atoms with van der Waals surface area (Å²) in [6, 6.07) is 7.57. The standard InChI is InChI=1S/C20H20ClF2N3O4S.C3H8.C3H6.C2H6/c1-25-10-13-6-7-20(11-25,19(27)24-28)26(13)31(29)15-8-16(22)18(17(23)9-15)30-14-4-2-12(21)3-5-14;2*1-3-2;1-2/h2-5,8-9,13,28H,6-7,10-11H2,1H3,(H,24,27);3H2,1-2H3;3H,1H2,2H3;1-2H3. The van der Waals surface area contributed by atoms with Crippen molar-refractivity contribution in [3.8, 4) is 11.5 Å². The van der Waals surface area contributed by atoms with Crippen molar-refractivity contribution in [2.75, 3.05) is 20.1 Å². The molecule has 7 nitrogen and oxygen atoms in total. The maximum absolute atomic E-state index is 14.7. The first-order valence-corrected chi connectivity index (χ1v) is 14.4. The number of carbonyl (C=O) groups is 1. The van der Waals surface area contributed by atoms with Gasteiger partial charge in [0.2, 0.25) is 0 Å². The molecule has 3 unspecified atom stereocenters. The molecule has 3 atom stereocenters. The van der Waals surface area contributed by atoms with E-state index in [0.29, 0.717) is 24.4 Å². The SMILES string of the molecule is C=CC.CC.CCC.CN1CC2CCC(C(=O)NO)(C1)N2S(=O)c1cc(F)c(Oc2ccc(Cl)cc2)c(F)c1. The fraction of sp³-hybridized carbons (Fsp3) is 0.464. The summed E-state index contributed by atoms with van der Waals surface area (Å²) in [6.07, 6.45) is 3.93. The van der Waals surface area contributed by atoms with E-state index < -0.39 is 39.8 Å². The Labute approximate surface area is 238 Å². The molecule has 218 valence electrons. The maximum atomic E-state index is 14.7. The molecule has 0 radical (unpaired) electrons. The van der Waals surface area contributed by atoms with Gasteiger partial charge in [0.25, 0.3) is 5.91 Å². The number of rotatable bonds is 5. The van der Waals surface area contributed by atoms with Crippen LogP contribution in [-0.2, 0) is 15.8 Å². The van der Waals surface area contributed by atoms with Crippen LogP contribution in [0.1, 0.15) is 53.9 Å². The van der Waals surface area contributed by atoms with Crippen molar-refractivity contribution in [2.45, 2.75) is 70.4 Å². The molecule has 1 amide bonds. The number of hydrogen-bond acceptors (Lipinski definition) is 5. The van der Waals surface area contributed by atoms with E-state index >= 15 is 0 Å². The van der Waals surface area contributed by atoms with E-state index in [9.17, 15) is 23.0 Å². The third kappa shape index (κ3) is 8.56. The second kappa shape index (κ2) is 16.7. The normalized spacial score (nSPS) is 20.6. The molecule has 0 spiro atoms. The second-order valence-electron chi connectivity index (χ2n) is 8.82. The molecule has 39 heavy (non-hydrogen) atoms. The first-order chi connectivity index (χ1) is 18.6. The molecule has 2 aromatic rings. The number of amides is 1. The van der Waals surface area contributed by atoms with Crippen molar-refractivity contribution >= 4 is 28.5 Å². The maximum Gasteiger partial charge on any atom is 0.266 e. The van der Waals surface area contributed by atoms with Gasteiger partial charge in [0.05, 0.1) is 4.90 Å². The van der Waals surface area contributed by atoms with Gasteiger partial charge in [-0.3, -0.25) is 10.0 Å². The first-order valence-electron chi connectivity index (χ1n) is 12.9.